The molecule has 0 spiro atoms. The van der Waals surface area contributed by atoms with Crippen molar-refractivity contribution in [1.29, 1.82) is 0 Å². The molecule has 0 amide bonds. The van der Waals surface area contributed by atoms with Gasteiger partial charge in [0.1, 0.15) is 0 Å². The average molecular weight is 180 g/mol. The fourth-order valence-corrected chi connectivity index (χ4v) is 1.22. The lowest BCUT2D eigenvalue weighted by Crippen LogP contribution is -2.20. The molecule has 2 nitrogen and oxygen atoms in total. The molecule has 1 aromatic carbocycles. The Morgan fingerprint density at radius 2 is 1.54 bits per heavy atom. The van der Waals surface area contributed by atoms with Gasteiger partial charge in [0.25, 0.3) is 0 Å². The Bertz CT molecular complexity index is 244. The molecule has 0 fully saturated rings. The van der Waals surface area contributed by atoms with E-state index in [0.717, 1.165) is 5.56 Å². The van der Waals surface area contributed by atoms with Gasteiger partial charge in [0.05, 0.1) is 12.2 Å². The van der Waals surface area contributed by atoms with Crippen molar-refractivity contribution in [2.24, 2.45) is 5.92 Å². The molecule has 0 aromatic heterocycles. The van der Waals surface area contributed by atoms with Gasteiger partial charge >= 0.3 is 0 Å². The van der Waals surface area contributed by atoms with Crippen molar-refractivity contribution in [2.75, 3.05) is 0 Å². The zero-order valence-corrected chi connectivity index (χ0v) is 8.01. The molecule has 0 saturated carbocycles. The van der Waals surface area contributed by atoms with Gasteiger partial charge in [0.2, 0.25) is 0 Å². The van der Waals surface area contributed by atoms with Crippen molar-refractivity contribution in [3.63, 3.8) is 0 Å². The molecule has 0 aliphatic carbocycles. The van der Waals surface area contributed by atoms with Gasteiger partial charge in [-0.3, -0.25) is 0 Å². The third-order valence-corrected chi connectivity index (χ3v) is 2.40. The maximum absolute atomic E-state index is 9.80. The van der Waals surface area contributed by atoms with Crippen LogP contribution in [-0.2, 0) is 0 Å². The molecule has 0 heterocycles. The molecule has 0 radical (unpaired) electrons. The Morgan fingerprint density at radius 1 is 1.00 bits per heavy atom. The number of aliphatic hydroxyl groups is 2. The van der Waals surface area contributed by atoms with Crippen LogP contribution in [0.3, 0.4) is 0 Å². The minimum Gasteiger partial charge on any atom is -0.393 e. The Labute approximate surface area is 78.8 Å². The Morgan fingerprint density at radius 3 is 2.00 bits per heavy atom. The van der Waals surface area contributed by atoms with E-state index in [-0.39, 0.29) is 5.92 Å². The van der Waals surface area contributed by atoms with E-state index in [4.69, 9.17) is 0 Å². The molecule has 0 aliphatic heterocycles. The third-order valence-electron chi connectivity index (χ3n) is 2.40. The van der Waals surface area contributed by atoms with Gasteiger partial charge in [0, 0.05) is 5.92 Å². The molecule has 0 bridgehead atoms. The van der Waals surface area contributed by atoms with Crippen molar-refractivity contribution >= 4 is 0 Å². The SMILES string of the molecule is CC(O)C(C)C(O)c1ccccc1. The van der Waals surface area contributed by atoms with E-state index >= 15 is 0 Å². The molecule has 13 heavy (non-hydrogen) atoms. The van der Waals surface area contributed by atoms with Crippen LogP contribution in [0.4, 0.5) is 0 Å². The maximum atomic E-state index is 9.80. The summed E-state index contributed by atoms with van der Waals surface area (Å²) in [5, 5.41) is 19.1. The zero-order chi connectivity index (χ0) is 9.84. The number of hydrogen-bond donors (Lipinski definition) is 2. The molecular weight excluding hydrogens is 164 g/mol. The quantitative estimate of drug-likeness (QED) is 0.743. The van der Waals surface area contributed by atoms with Gasteiger partial charge < -0.3 is 10.2 Å². The molecule has 1 rings (SSSR count). The van der Waals surface area contributed by atoms with E-state index in [1.807, 2.05) is 37.3 Å². The van der Waals surface area contributed by atoms with Crippen LogP contribution < -0.4 is 0 Å². The molecule has 2 N–H and O–H groups in total. The highest BCUT2D eigenvalue weighted by Gasteiger charge is 2.19. The van der Waals surface area contributed by atoms with Crippen molar-refractivity contribution in [3.8, 4) is 0 Å². The van der Waals surface area contributed by atoms with E-state index in [1.54, 1.807) is 6.92 Å². The lowest BCUT2D eigenvalue weighted by atomic mass is 9.93. The number of aliphatic hydroxyl groups excluding tert-OH is 2. The summed E-state index contributed by atoms with van der Waals surface area (Å²) in [6.07, 6.45) is -1.07. The first-order valence-electron chi connectivity index (χ1n) is 4.54. The second-order valence-corrected chi connectivity index (χ2v) is 3.46. The topological polar surface area (TPSA) is 40.5 Å². The predicted octanol–water partition coefficient (Wildman–Crippen LogP) is 1.74. The van der Waals surface area contributed by atoms with Crippen LogP contribution >= 0.6 is 0 Å². The summed E-state index contributed by atoms with van der Waals surface area (Å²) < 4.78 is 0. The molecule has 3 atom stereocenters. The smallest absolute Gasteiger partial charge is 0.0840 e. The van der Waals surface area contributed by atoms with E-state index in [9.17, 15) is 10.2 Å². The molecule has 72 valence electrons. The van der Waals surface area contributed by atoms with E-state index < -0.39 is 12.2 Å². The molecular formula is C11H16O2. The summed E-state index contributed by atoms with van der Waals surface area (Å²) in [5.74, 6) is -0.137. The lowest BCUT2D eigenvalue weighted by Gasteiger charge is -2.21. The fourth-order valence-electron chi connectivity index (χ4n) is 1.22. The van der Waals surface area contributed by atoms with Gasteiger partial charge in [-0.15, -0.1) is 0 Å². The standard InChI is InChI=1S/C11H16O2/c1-8(9(2)12)11(13)10-6-4-3-5-7-10/h3-9,11-13H,1-2H3. The lowest BCUT2D eigenvalue weighted by molar-refractivity contribution is 0.0307. The van der Waals surface area contributed by atoms with Crippen LogP contribution in [0.25, 0.3) is 0 Å². The largest absolute Gasteiger partial charge is 0.393 e. The van der Waals surface area contributed by atoms with Crippen molar-refractivity contribution < 1.29 is 10.2 Å². The molecule has 3 unspecified atom stereocenters. The van der Waals surface area contributed by atoms with Crippen LogP contribution in [0, 0.1) is 5.92 Å². The van der Waals surface area contributed by atoms with Crippen molar-refractivity contribution in [2.45, 2.75) is 26.1 Å². The van der Waals surface area contributed by atoms with Crippen LogP contribution in [0.1, 0.15) is 25.5 Å². The summed E-state index contributed by atoms with van der Waals surface area (Å²) >= 11 is 0. The zero-order valence-electron chi connectivity index (χ0n) is 8.01. The minimum atomic E-state index is -0.582. The van der Waals surface area contributed by atoms with Gasteiger partial charge in [-0.2, -0.15) is 0 Å². The maximum Gasteiger partial charge on any atom is 0.0840 e. The summed E-state index contributed by atoms with van der Waals surface area (Å²) in [4.78, 5) is 0. The van der Waals surface area contributed by atoms with Crippen molar-refractivity contribution in [3.05, 3.63) is 35.9 Å². The summed E-state index contributed by atoms with van der Waals surface area (Å²) in [6, 6.07) is 9.40. The van der Waals surface area contributed by atoms with E-state index in [0.29, 0.717) is 0 Å². The Hall–Kier alpha value is -0.860. The van der Waals surface area contributed by atoms with Crippen molar-refractivity contribution in [1.82, 2.24) is 0 Å². The van der Waals surface area contributed by atoms with Gasteiger partial charge in [-0.05, 0) is 12.5 Å². The molecule has 2 heteroatoms. The second-order valence-electron chi connectivity index (χ2n) is 3.46. The third kappa shape index (κ3) is 2.54. The molecule has 1 aromatic rings. The van der Waals surface area contributed by atoms with E-state index in [2.05, 4.69) is 0 Å². The van der Waals surface area contributed by atoms with Crippen LogP contribution in [0.15, 0.2) is 30.3 Å². The highest BCUT2D eigenvalue weighted by Crippen LogP contribution is 2.23. The second kappa shape index (κ2) is 4.40. The normalized spacial score (nSPS) is 17.8. The first-order chi connectivity index (χ1) is 6.13. The monoisotopic (exact) mass is 180 g/mol. The molecule has 0 aliphatic rings. The van der Waals surface area contributed by atoms with E-state index in [1.165, 1.54) is 0 Å². The van der Waals surface area contributed by atoms with Gasteiger partial charge in [-0.1, -0.05) is 37.3 Å². The first kappa shape index (κ1) is 10.2. The number of hydrogen-bond acceptors (Lipinski definition) is 2. The van der Waals surface area contributed by atoms with Crippen LogP contribution in [-0.4, -0.2) is 16.3 Å². The Kier molecular flexibility index (Phi) is 3.46. The van der Waals surface area contributed by atoms with Gasteiger partial charge in [0.15, 0.2) is 0 Å². The van der Waals surface area contributed by atoms with Gasteiger partial charge in [-0.25, -0.2) is 0 Å². The highest BCUT2D eigenvalue weighted by molar-refractivity contribution is 5.17. The summed E-state index contributed by atoms with van der Waals surface area (Å²) in [7, 11) is 0. The summed E-state index contributed by atoms with van der Waals surface area (Å²) in [6.45, 7) is 3.53. The fraction of sp³-hybridized carbons (Fsp3) is 0.455. The average Bonchev–Trinajstić information content (AvgIpc) is 2.17. The number of rotatable bonds is 3. The minimum absolute atomic E-state index is 0.137. The summed E-state index contributed by atoms with van der Waals surface area (Å²) in [5.41, 5.74) is 0.857. The molecule has 0 saturated heterocycles. The first-order valence-corrected chi connectivity index (χ1v) is 4.54. The Balaban J connectivity index is 2.73. The predicted molar refractivity (Wildman–Crippen MR) is 52.2 cm³/mol. The van der Waals surface area contributed by atoms with Crippen LogP contribution in [0.5, 0.6) is 0 Å². The number of benzene rings is 1. The van der Waals surface area contributed by atoms with Crippen LogP contribution in [0.2, 0.25) is 0 Å². The highest BCUT2D eigenvalue weighted by atomic mass is 16.3.